The molecule has 2 aromatic carbocycles. The molecule has 0 aliphatic carbocycles. The van der Waals surface area contributed by atoms with Crippen molar-refractivity contribution in [2.24, 2.45) is 0 Å². The predicted molar refractivity (Wildman–Crippen MR) is 87.9 cm³/mol. The third-order valence-corrected chi connectivity index (χ3v) is 3.25. The van der Waals surface area contributed by atoms with Crippen molar-refractivity contribution in [2.75, 3.05) is 30.9 Å². The second kappa shape index (κ2) is 7.45. The van der Waals surface area contributed by atoms with E-state index in [0.717, 1.165) is 17.7 Å². The van der Waals surface area contributed by atoms with Crippen LogP contribution < -0.4 is 15.5 Å². The van der Waals surface area contributed by atoms with Crippen LogP contribution in [0.5, 0.6) is 0 Å². The van der Waals surface area contributed by atoms with Gasteiger partial charge in [0.2, 0.25) is 0 Å². The van der Waals surface area contributed by atoms with E-state index in [0.29, 0.717) is 12.2 Å². The largest absolute Gasteiger partial charge is 0.378 e. The summed E-state index contributed by atoms with van der Waals surface area (Å²) in [6, 6.07) is 13.6. The summed E-state index contributed by atoms with van der Waals surface area (Å²) < 4.78 is 12.8. The first-order valence-electron chi connectivity index (χ1n) is 7.11. The molecule has 0 atom stereocenters. The fraction of sp³-hybridized carbons (Fsp3) is 0.235. The van der Waals surface area contributed by atoms with E-state index in [4.69, 9.17) is 0 Å². The molecule has 0 fully saturated rings. The number of urea groups is 1. The van der Waals surface area contributed by atoms with Gasteiger partial charge < -0.3 is 15.5 Å². The standard InChI is InChI=1S/C17H20FN3O/c1-21(2)16-9-3-13(4-10-16)11-12-19-17(22)20-15-7-5-14(18)6-8-15/h3-10H,11-12H2,1-2H3,(H2,19,20,22). The van der Waals surface area contributed by atoms with Crippen molar-refractivity contribution >= 4 is 17.4 Å². The Hall–Kier alpha value is -2.56. The maximum atomic E-state index is 12.8. The van der Waals surface area contributed by atoms with Crippen LogP contribution in [0.3, 0.4) is 0 Å². The zero-order valence-corrected chi connectivity index (χ0v) is 12.8. The normalized spacial score (nSPS) is 10.1. The van der Waals surface area contributed by atoms with Gasteiger partial charge in [0.15, 0.2) is 0 Å². The highest BCUT2D eigenvalue weighted by Gasteiger charge is 2.02. The summed E-state index contributed by atoms with van der Waals surface area (Å²) in [6.07, 6.45) is 0.755. The fourth-order valence-electron chi connectivity index (χ4n) is 1.99. The van der Waals surface area contributed by atoms with E-state index < -0.39 is 0 Å². The van der Waals surface area contributed by atoms with Gasteiger partial charge in [-0.15, -0.1) is 0 Å². The second-order valence-electron chi connectivity index (χ2n) is 5.20. The summed E-state index contributed by atoms with van der Waals surface area (Å²) in [5.74, 6) is -0.327. The van der Waals surface area contributed by atoms with Crippen LogP contribution in [0.25, 0.3) is 0 Å². The molecule has 0 radical (unpaired) electrons. The van der Waals surface area contributed by atoms with E-state index in [1.165, 1.54) is 24.3 Å². The Kier molecular flexibility index (Phi) is 5.36. The summed E-state index contributed by atoms with van der Waals surface area (Å²) in [6.45, 7) is 0.536. The monoisotopic (exact) mass is 301 g/mol. The number of benzene rings is 2. The zero-order chi connectivity index (χ0) is 15.9. The number of nitrogens with one attached hydrogen (secondary N) is 2. The van der Waals surface area contributed by atoms with Crippen molar-refractivity contribution < 1.29 is 9.18 Å². The van der Waals surface area contributed by atoms with E-state index in [1.54, 1.807) is 0 Å². The smallest absolute Gasteiger partial charge is 0.319 e. The molecule has 0 aromatic heterocycles. The molecule has 0 spiro atoms. The molecule has 0 bridgehead atoms. The Morgan fingerprint density at radius 2 is 1.68 bits per heavy atom. The summed E-state index contributed by atoms with van der Waals surface area (Å²) in [7, 11) is 3.99. The molecular weight excluding hydrogens is 281 g/mol. The number of rotatable bonds is 5. The number of carbonyl (C=O) groups is 1. The van der Waals surface area contributed by atoms with Crippen LogP contribution in [0.15, 0.2) is 48.5 Å². The number of halogens is 1. The second-order valence-corrected chi connectivity index (χ2v) is 5.20. The third-order valence-electron chi connectivity index (χ3n) is 3.25. The number of hydrogen-bond donors (Lipinski definition) is 2. The zero-order valence-electron chi connectivity index (χ0n) is 12.8. The van der Waals surface area contributed by atoms with Crippen molar-refractivity contribution in [1.82, 2.24) is 5.32 Å². The van der Waals surface area contributed by atoms with Gasteiger partial charge >= 0.3 is 6.03 Å². The Labute approximate surface area is 129 Å². The van der Waals surface area contributed by atoms with Gasteiger partial charge in [0.05, 0.1) is 0 Å². The summed E-state index contributed by atoms with van der Waals surface area (Å²) >= 11 is 0. The van der Waals surface area contributed by atoms with Crippen LogP contribution in [0.1, 0.15) is 5.56 Å². The Morgan fingerprint density at radius 3 is 2.27 bits per heavy atom. The molecule has 116 valence electrons. The Balaban J connectivity index is 1.75. The molecule has 5 heteroatoms. The van der Waals surface area contributed by atoms with E-state index in [-0.39, 0.29) is 11.8 Å². The van der Waals surface area contributed by atoms with Gasteiger partial charge in [-0.1, -0.05) is 12.1 Å². The molecule has 0 aliphatic rings. The number of anilines is 2. The lowest BCUT2D eigenvalue weighted by molar-refractivity contribution is 0.252. The van der Waals surface area contributed by atoms with Crippen LogP contribution in [0, 0.1) is 5.82 Å². The molecule has 0 aliphatic heterocycles. The lowest BCUT2D eigenvalue weighted by Gasteiger charge is -2.13. The molecule has 0 saturated heterocycles. The molecule has 2 N–H and O–H groups in total. The summed E-state index contributed by atoms with van der Waals surface area (Å²) in [5, 5.41) is 5.43. The van der Waals surface area contributed by atoms with Gasteiger partial charge in [-0.2, -0.15) is 0 Å². The maximum Gasteiger partial charge on any atom is 0.319 e. The summed E-state index contributed by atoms with van der Waals surface area (Å²) in [5.41, 5.74) is 2.87. The van der Waals surface area contributed by atoms with Crippen molar-refractivity contribution in [2.45, 2.75) is 6.42 Å². The minimum Gasteiger partial charge on any atom is -0.378 e. The van der Waals surface area contributed by atoms with Gasteiger partial charge in [-0.25, -0.2) is 9.18 Å². The highest BCUT2D eigenvalue weighted by atomic mass is 19.1. The first-order chi connectivity index (χ1) is 10.5. The lowest BCUT2D eigenvalue weighted by atomic mass is 10.1. The molecule has 4 nitrogen and oxygen atoms in total. The highest BCUT2D eigenvalue weighted by molar-refractivity contribution is 5.89. The lowest BCUT2D eigenvalue weighted by Crippen LogP contribution is -2.30. The third kappa shape index (κ3) is 4.77. The van der Waals surface area contributed by atoms with Crippen LogP contribution in [0.2, 0.25) is 0 Å². The van der Waals surface area contributed by atoms with Crippen LogP contribution >= 0.6 is 0 Å². The van der Waals surface area contributed by atoms with Crippen molar-refractivity contribution in [3.63, 3.8) is 0 Å². The first kappa shape index (κ1) is 15.8. The van der Waals surface area contributed by atoms with E-state index in [1.807, 2.05) is 31.1 Å². The highest BCUT2D eigenvalue weighted by Crippen LogP contribution is 2.12. The molecule has 2 aromatic rings. The van der Waals surface area contributed by atoms with Crippen LogP contribution in [0.4, 0.5) is 20.6 Å². The minimum absolute atomic E-state index is 0.295. The van der Waals surface area contributed by atoms with Crippen molar-refractivity contribution in [3.05, 3.63) is 59.9 Å². The van der Waals surface area contributed by atoms with E-state index >= 15 is 0 Å². The number of nitrogens with zero attached hydrogens (tertiary/aromatic N) is 1. The molecular formula is C17H20FN3O. The van der Waals surface area contributed by atoms with Crippen LogP contribution in [-0.4, -0.2) is 26.7 Å². The van der Waals surface area contributed by atoms with Gasteiger partial charge in [0, 0.05) is 32.0 Å². The van der Waals surface area contributed by atoms with Gasteiger partial charge in [0.25, 0.3) is 0 Å². The maximum absolute atomic E-state index is 12.8. The molecule has 0 heterocycles. The first-order valence-corrected chi connectivity index (χ1v) is 7.11. The fourth-order valence-corrected chi connectivity index (χ4v) is 1.99. The van der Waals surface area contributed by atoms with E-state index in [9.17, 15) is 9.18 Å². The molecule has 0 unspecified atom stereocenters. The average Bonchev–Trinajstić information content (AvgIpc) is 2.50. The van der Waals surface area contributed by atoms with Crippen LogP contribution in [-0.2, 0) is 6.42 Å². The Bertz CT molecular complexity index is 609. The van der Waals surface area contributed by atoms with Gasteiger partial charge in [-0.3, -0.25) is 0 Å². The number of amides is 2. The minimum atomic E-state index is -0.327. The van der Waals surface area contributed by atoms with Crippen molar-refractivity contribution in [3.8, 4) is 0 Å². The predicted octanol–water partition coefficient (Wildman–Crippen LogP) is 3.26. The van der Waals surface area contributed by atoms with E-state index in [2.05, 4.69) is 22.8 Å². The molecule has 2 amide bonds. The number of carbonyl (C=O) groups excluding carboxylic acids is 1. The average molecular weight is 301 g/mol. The van der Waals surface area contributed by atoms with Crippen molar-refractivity contribution in [1.29, 1.82) is 0 Å². The Morgan fingerprint density at radius 1 is 1.05 bits per heavy atom. The molecule has 2 rings (SSSR count). The number of hydrogen-bond acceptors (Lipinski definition) is 2. The molecule has 22 heavy (non-hydrogen) atoms. The van der Waals surface area contributed by atoms with Gasteiger partial charge in [0.1, 0.15) is 5.82 Å². The summed E-state index contributed by atoms with van der Waals surface area (Å²) in [4.78, 5) is 13.7. The van der Waals surface area contributed by atoms with Gasteiger partial charge in [-0.05, 0) is 48.4 Å². The topological polar surface area (TPSA) is 44.4 Å². The molecule has 0 saturated carbocycles. The quantitative estimate of drug-likeness (QED) is 0.890. The SMILES string of the molecule is CN(C)c1ccc(CCNC(=O)Nc2ccc(F)cc2)cc1.